The van der Waals surface area contributed by atoms with Crippen LogP contribution in [-0.4, -0.2) is 54.2 Å². The largest absolute Gasteiger partial charge is 0.450 e. The lowest BCUT2D eigenvalue weighted by atomic mass is 10.1. The fourth-order valence-electron chi connectivity index (χ4n) is 2.49. The van der Waals surface area contributed by atoms with Crippen molar-refractivity contribution in [1.82, 2.24) is 15.2 Å². The molecule has 0 spiro atoms. The van der Waals surface area contributed by atoms with Crippen molar-refractivity contribution < 1.29 is 9.53 Å². The molecule has 1 saturated heterocycles. The SMILES string of the molecule is CCOC(=O)N1CCC(NC(N)=NCCc2csc(C)n2)CC1. The summed E-state index contributed by atoms with van der Waals surface area (Å²) in [5.41, 5.74) is 6.99. The molecule has 0 aromatic carbocycles. The highest BCUT2D eigenvalue weighted by atomic mass is 32.1. The van der Waals surface area contributed by atoms with E-state index in [0.29, 0.717) is 32.2 Å². The monoisotopic (exact) mass is 339 g/mol. The number of aromatic nitrogens is 1. The predicted octanol–water partition coefficient (Wildman–Crippen LogP) is 1.52. The number of carbonyl (C=O) groups excluding carboxylic acids is 1. The lowest BCUT2D eigenvalue weighted by Gasteiger charge is -2.31. The first-order chi connectivity index (χ1) is 11.1. The summed E-state index contributed by atoms with van der Waals surface area (Å²) in [7, 11) is 0. The van der Waals surface area contributed by atoms with Gasteiger partial charge in [0.1, 0.15) is 0 Å². The number of likely N-dealkylation sites (tertiary alicyclic amines) is 1. The standard InChI is InChI=1S/C15H25N5O2S/c1-3-22-15(21)20-8-5-12(6-9-20)19-14(16)17-7-4-13-10-23-11(2)18-13/h10,12H,3-9H2,1-2H3,(H3,16,17,19). The zero-order chi connectivity index (χ0) is 16.7. The van der Waals surface area contributed by atoms with Crippen LogP contribution in [0.15, 0.2) is 10.4 Å². The number of amides is 1. The maximum Gasteiger partial charge on any atom is 0.409 e. The first kappa shape index (κ1) is 17.5. The minimum atomic E-state index is -0.230. The second kappa shape index (κ2) is 8.71. The van der Waals surface area contributed by atoms with Crippen LogP contribution in [0.5, 0.6) is 0 Å². The van der Waals surface area contributed by atoms with Gasteiger partial charge in [-0.05, 0) is 26.7 Å². The van der Waals surface area contributed by atoms with E-state index in [2.05, 4.69) is 20.7 Å². The molecule has 2 heterocycles. The quantitative estimate of drug-likeness (QED) is 0.627. The third kappa shape index (κ3) is 5.70. The Labute approximate surface area is 140 Å². The van der Waals surface area contributed by atoms with E-state index in [-0.39, 0.29) is 12.1 Å². The first-order valence-corrected chi connectivity index (χ1v) is 8.85. The molecule has 8 heteroatoms. The molecular weight excluding hydrogens is 314 g/mol. The summed E-state index contributed by atoms with van der Waals surface area (Å²) in [6.45, 7) is 6.22. The maximum absolute atomic E-state index is 11.6. The van der Waals surface area contributed by atoms with Gasteiger partial charge in [0.15, 0.2) is 5.96 Å². The number of ether oxygens (including phenoxy) is 1. The molecule has 0 bridgehead atoms. The van der Waals surface area contributed by atoms with E-state index in [1.807, 2.05) is 13.8 Å². The van der Waals surface area contributed by atoms with Crippen LogP contribution in [0.2, 0.25) is 0 Å². The molecule has 1 aliphatic rings. The summed E-state index contributed by atoms with van der Waals surface area (Å²) < 4.78 is 5.01. The van der Waals surface area contributed by atoms with E-state index in [4.69, 9.17) is 10.5 Å². The number of nitrogens with two attached hydrogens (primary N) is 1. The molecule has 23 heavy (non-hydrogen) atoms. The second-order valence-electron chi connectivity index (χ2n) is 5.48. The van der Waals surface area contributed by atoms with E-state index < -0.39 is 0 Å². The normalized spacial score (nSPS) is 16.4. The summed E-state index contributed by atoms with van der Waals surface area (Å²) in [4.78, 5) is 22.1. The molecule has 7 nitrogen and oxygen atoms in total. The van der Waals surface area contributed by atoms with Crippen molar-refractivity contribution >= 4 is 23.4 Å². The predicted molar refractivity (Wildman–Crippen MR) is 91.8 cm³/mol. The molecule has 128 valence electrons. The molecule has 0 atom stereocenters. The number of carbonyl (C=O) groups is 1. The molecule has 0 saturated carbocycles. The lowest BCUT2D eigenvalue weighted by Crippen LogP contribution is -2.48. The lowest BCUT2D eigenvalue weighted by molar-refractivity contribution is 0.0963. The van der Waals surface area contributed by atoms with E-state index in [0.717, 1.165) is 30.0 Å². The van der Waals surface area contributed by atoms with Crippen molar-refractivity contribution in [2.75, 3.05) is 26.2 Å². The minimum absolute atomic E-state index is 0.230. The molecule has 1 aromatic heterocycles. The Morgan fingerprint density at radius 1 is 1.57 bits per heavy atom. The highest BCUT2D eigenvalue weighted by molar-refractivity contribution is 7.09. The van der Waals surface area contributed by atoms with Crippen LogP contribution in [0.3, 0.4) is 0 Å². The van der Waals surface area contributed by atoms with Crippen LogP contribution in [-0.2, 0) is 11.2 Å². The fourth-order valence-corrected chi connectivity index (χ4v) is 3.14. The number of aryl methyl sites for hydroxylation is 1. The van der Waals surface area contributed by atoms with Crippen LogP contribution in [0.4, 0.5) is 4.79 Å². The van der Waals surface area contributed by atoms with Crippen LogP contribution < -0.4 is 11.1 Å². The molecule has 0 radical (unpaired) electrons. The smallest absolute Gasteiger partial charge is 0.409 e. The van der Waals surface area contributed by atoms with Gasteiger partial charge >= 0.3 is 6.09 Å². The maximum atomic E-state index is 11.6. The second-order valence-corrected chi connectivity index (χ2v) is 6.54. The Balaban J connectivity index is 1.68. The number of guanidine groups is 1. The van der Waals surface area contributed by atoms with E-state index in [9.17, 15) is 4.79 Å². The Bertz CT molecular complexity index is 538. The van der Waals surface area contributed by atoms with E-state index in [1.165, 1.54) is 0 Å². The van der Waals surface area contributed by atoms with E-state index >= 15 is 0 Å². The Kier molecular flexibility index (Phi) is 6.64. The van der Waals surface area contributed by atoms with Gasteiger partial charge in [-0.25, -0.2) is 9.78 Å². The molecule has 1 fully saturated rings. The molecular formula is C15H25N5O2S. The summed E-state index contributed by atoms with van der Waals surface area (Å²) in [5.74, 6) is 0.464. The van der Waals surface area contributed by atoms with Gasteiger partial charge < -0.3 is 20.7 Å². The van der Waals surface area contributed by atoms with Crippen LogP contribution >= 0.6 is 11.3 Å². The van der Waals surface area contributed by atoms with Crippen LogP contribution in [0.25, 0.3) is 0 Å². The van der Waals surface area contributed by atoms with Gasteiger partial charge in [-0.3, -0.25) is 4.99 Å². The van der Waals surface area contributed by atoms with Crippen molar-refractivity contribution in [3.63, 3.8) is 0 Å². The number of nitrogens with zero attached hydrogens (tertiary/aromatic N) is 3. The van der Waals surface area contributed by atoms with Gasteiger partial charge in [-0.1, -0.05) is 0 Å². The number of thiazole rings is 1. The average molecular weight is 339 g/mol. The first-order valence-electron chi connectivity index (χ1n) is 7.97. The molecule has 2 rings (SSSR count). The molecule has 1 aliphatic heterocycles. The van der Waals surface area contributed by atoms with Gasteiger partial charge in [0.25, 0.3) is 0 Å². The molecule has 0 aliphatic carbocycles. The number of hydrogen-bond donors (Lipinski definition) is 2. The van der Waals surface area contributed by atoms with E-state index in [1.54, 1.807) is 16.2 Å². The Morgan fingerprint density at radius 3 is 2.91 bits per heavy atom. The molecule has 3 N–H and O–H groups in total. The Morgan fingerprint density at radius 2 is 2.30 bits per heavy atom. The van der Waals surface area contributed by atoms with Crippen molar-refractivity contribution in [1.29, 1.82) is 0 Å². The zero-order valence-corrected chi connectivity index (χ0v) is 14.6. The van der Waals surface area contributed by atoms with Crippen molar-refractivity contribution in [3.8, 4) is 0 Å². The number of rotatable bonds is 5. The molecule has 1 aromatic rings. The van der Waals surface area contributed by atoms with Gasteiger partial charge in [-0.2, -0.15) is 0 Å². The van der Waals surface area contributed by atoms with Crippen LogP contribution in [0, 0.1) is 6.92 Å². The highest BCUT2D eigenvalue weighted by Crippen LogP contribution is 2.11. The minimum Gasteiger partial charge on any atom is -0.450 e. The van der Waals surface area contributed by atoms with Gasteiger partial charge in [0, 0.05) is 37.5 Å². The number of nitrogens with one attached hydrogen (secondary N) is 1. The van der Waals surface area contributed by atoms with Crippen LogP contribution in [0.1, 0.15) is 30.5 Å². The highest BCUT2D eigenvalue weighted by Gasteiger charge is 2.23. The van der Waals surface area contributed by atoms with Crippen molar-refractivity contribution in [2.45, 2.75) is 39.2 Å². The number of hydrogen-bond acceptors (Lipinski definition) is 5. The van der Waals surface area contributed by atoms with Gasteiger partial charge in [-0.15, -0.1) is 11.3 Å². The molecule has 1 amide bonds. The molecule has 0 unspecified atom stereocenters. The van der Waals surface area contributed by atoms with Crippen molar-refractivity contribution in [2.24, 2.45) is 10.7 Å². The average Bonchev–Trinajstić information content (AvgIpc) is 2.93. The topological polar surface area (TPSA) is 92.8 Å². The summed E-state index contributed by atoms with van der Waals surface area (Å²) in [6.07, 6.45) is 2.26. The number of piperidine rings is 1. The van der Waals surface area contributed by atoms with Gasteiger partial charge in [0.2, 0.25) is 0 Å². The summed E-state index contributed by atoms with van der Waals surface area (Å²) in [5, 5.41) is 6.36. The third-order valence-electron chi connectivity index (χ3n) is 3.69. The summed E-state index contributed by atoms with van der Waals surface area (Å²) >= 11 is 1.65. The zero-order valence-electron chi connectivity index (χ0n) is 13.7. The fraction of sp³-hybridized carbons (Fsp3) is 0.667. The van der Waals surface area contributed by atoms with Crippen molar-refractivity contribution in [3.05, 3.63) is 16.1 Å². The summed E-state index contributed by atoms with van der Waals surface area (Å²) in [6, 6.07) is 0.256. The number of aliphatic imine (C=N–C) groups is 1. The Hall–Kier alpha value is -1.83. The van der Waals surface area contributed by atoms with Gasteiger partial charge in [0.05, 0.1) is 17.3 Å². The third-order valence-corrected chi connectivity index (χ3v) is 4.51.